The first-order valence-electron chi connectivity index (χ1n) is 9.33. The molecule has 0 unspecified atom stereocenters. The van der Waals surface area contributed by atoms with Crippen LogP contribution in [0.4, 0.5) is 0 Å². The quantitative estimate of drug-likeness (QED) is 0.753. The molecule has 0 spiro atoms. The number of nitrogens with zero attached hydrogens (tertiary/aromatic N) is 2. The molecule has 0 N–H and O–H groups in total. The van der Waals surface area contributed by atoms with Crippen molar-refractivity contribution in [1.82, 2.24) is 4.90 Å². The van der Waals surface area contributed by atoms with Gasteiger partial charge in [-0.1, -0.05) is 72.4 Å². The maximum Gasteiger partial charge on any atom is 0.248 e. The number of carbonyl (C=O) groups is 1. The van der Waals surface area contributed by atoms with E-state index in [-0.39, 0.29) is 28.7 Å². The molecular formula is C21H22N2O3S2. The topological polar surface area (TPSA) is 66.8 Å². The molecular weight excluding hydrogens is 392 g/mol. The summed E-state index contributed by atoms with van der Waals surface area (Å²) >= 11 is 1.44. The summed E-state index contributed by atoms with van der Waals surface area (Å²) in [6.07, 6.45) is 1.00. The van der Waals surface area contributed by atoms with Gasteiger partial charge in [-0.3, -0.25) is 4.79 Å². The largest absolute Gasteiger partial charge is 0.342 e. The van der Waals surface area contributed by atoms with Crippen molar-refractivity contribution in [1.29, 1.82) is 0 Å². The fraction of sp³-hybridized carbons (Fsp3) is 0.333. The van der Waals surface area contributed by atoms with E-state index in [0.29, 0.717) is 24.6 Å². The Kier molecular flexibility index (Phi) is 5.55. The number of amidine groups is 1. The summed E-state index contributed by atoms with van der Waals surface area (Å²) in [4.78, 5) is 18.9. The number of rotatable bonds is 5. The van der Waals surface area contributed by atoms with Crippen LogP contribution < -0.4 is 0 Å². The monoisotopic (exact) mass is 414 g/mol. The van der Waals surface area contributed by atoms with Gasteiger partial charge in [0.05, 0.1) is 17.5 Å². The van der Waals surface area contributed by atoms with Crippen molar-refractivity contribution < 1.29 is 13.2 Å². The minimum absolute atomic E-state index is 0.0469. The van der Waals surface area contributed by atoms with Crippen LogP contribution in [0, 0.1) is 0 Å². The molecule has 2 aliphatic rings. The van der Waals surface area contributed by atoms with Crippen molar-refractivity contribution >= 4 is 32.7 Å². The summed E-state index contributed by atoms with van der Waals surface area (Å²) in [6, 6.07) is 19.7. The summed E-state index contributed by atoms with van der Waals surface area (Å²) in [5.74, 6) is 0.131. The molecule has 2 heterocycles. The van der Waals surface area contributed by atoms with E-state index in [9.17, 15) is 13.2 Å². The van der Waals surface area contributed by atoms with E-state index in [0.717, 1.165) is 11.1 Å². The second-order valence-electron chi connectivity index (χ2n) is 7.19. The van der Waals surface area contributed by atoms with Crippen LogP contribution in [0.3, 0.4) is 0 Å². The van der Waals surface area contributed by atoms with E-state index in [1.165, 1.54) is 11.8 Å². The van der Waals surface area contributed by atoms with Crippen LogP contribution in [0.15, 0.2) is 65.7 Å². The van der Waals surface area contributed by atoms with Crippen molar-refractivity contribution in [3.05, 3.63) is 71.8 Å². The molecule has 0 aliphatic carbocycles. The standard InChI is InChI=1S/C21H22N2O3S2/c24-20(12-11-16-7-3-1-4-8-16)22-21-23(13-17-9-5-2-6-10-17)18-14-28(25,26)15-19(18)27-21/h1-10,18-19H,11-15H2/t18-,19-/m0/s1. The molecule has 0 aromatic heterocycles. The Bertz CT molecular complexity index is 975. The molecule has 5 nitrogen and oxygen atoms in total. The Morgan fingerprint density at radius 1 is 1.00 bits per heavy atom. The predicted molar refractivity (Wildman–Crippen MR) is 113 cm³/mol. The molecule has 0 saturated carbocycles. The first-order chi connectivity index (χ1) is 13.5. The van der Waals surface area contributed by atoms with Crippen LogP contribution in [0.2, 0.25) is 0 Å². The molecule has 146 valence electrons. The van der Waals surface area contributed by atoms with Gasteiger partial charge in [-0.2, -0.15) is 4.99 Å². The average Bonchev–Trinajstić information content (AvgIpc) is 3.14. The second kappa shape index (κ2) is 8.09. The van der Waals surface area contributed by atoms with E-state index in [1.807, 2.05) is 65.6 Å². The lowest BCUT2D eigenvalue weighted by atomic mass is 10.1. The summed E-state index contributed by atoms with van der Waals surface area (Å²) in [5, 5.41) is 0.612. The molecule has 2 aromatic rings. The Morgan fingerprint density at radius 3 is 2.32 bits per heavy atom. The van der Waals surface area contributed by atoms with Gasteiger partial charge in [-0.05, 0) is 17.5 Å². The zero-order valence-electron chi connectivity index (χ0n) is 15.4. The Balaban J connectivity index is 1.50. The van der Waals surface area contributed by atoms with Crippen molar-refractivity contribution in [3.63, 3.8) is 0 Å². The molecule has 2 saturated heterocycles. The Labute approximate surface area is 169 Å². The molecule has 28 heavy (non-hydrogen) atoms. The highest BCUT2D eigenvalue weighted by atomic mass is 32.2. The number of aryl methyl sites for hydroxylation is 1. The number of fused-ring (bicyclic) bond motifs is 1. The Hall–Kier alpha value is -2.12. The van der Waals surface area contributed by atoms with Gasteiger partial charge >= 0.3 is 0 Å². The smallest absolute Gasteiger partial charge is 0.248 e. The van der Waals surface area contributed by atoms with Gasteiger partial charge in [0.2, 0.25) is 5.91 Å². The summed E-state index contributed by atoms with van der Waals surface area (Å²) < 4.78 is 24.2. The maximum atomic E-state index is 12.5. The van der Waals surface area contributed by atoms with Crippen molar-refractivity contribution in [2.45, 2.75) is 30.7 Å². The van der Waals surface area contributed by atoms with Crippen LogP contribution in [0.25, 0.3) is 0 Å². The van der Waals surface area contributed by atoms with Crippen LogP contribution in [0.5, 0.6) is 0 Å². The molecule has 0 bridgehead atoms. The van der Waals surface area contributed by atoms with Gasteiger partial charge < -0.3 is 4.90 Å². The van der Waals surface area contributed by atoms with Crippen molar-refractivity contribution in [2.24, 2.45) is 4.99 Å². The van der Waals surface area contributed by atoms with Gasteiger partial charge in [0.15, 0.2) is 15.0 Å². The molecule has 1 amide bonds. The summed E-state index contributed by atoms with van der Waals surface area (Å²) in [6.45, 7) is 0.565. The minimum atomic E-state index is -3.03. The third-order valence-electron chi connectivity index (χ3n) is 5.06. The third kappa shape index (κ3) is 4.47. The van der Waals surface area contributed by atoms with Gasteiger partial charge in [-0.25, -0.2) is 8.42 Å². The predicted octanol–water partition coefficient (Wildman–Crippen LogP) is 2.92. The first kappa shape index (κ1) is 19.2. The molecule has 2 aromatic carbocycles. The molecule has 2 aliphatic heterocycles. The number of hydrogen-bond acceptors (Lipinski definition) is 4. The van der Waals surface area contributed by atoms with E-state index in [2.05, 4.69) is 4.99 Å². The lowest BCUT2D eigenvalue weighted by molar-refractivity contribution is -0.117. The van der Waals surface area contributed by atoms with Gasteiger partial charge in [0, 0.05) is 18.2 Å². The van der Waals surface area contributed by atoms with E-state index in [4.69, 9.17) is 0 Å². The highest BCUT2D eigenvalue weighted by Gasteiger charge is 2.48. The van der Waals surface area contributed by atoms with Crippen molar-refractivity contribution in [2.75, 3.05) is 11.5 Å². The lowest BCUT2D eigenvalue weighted by Crippen LogP contribution is -2.37. The Morgan fingerprint density at radius 2 is 1.64 bits per heavy atom. The van der Waals surface area contributed by atoms with E-state index < -0.39 is 9.84 Å². The SMILES string of the molecule is O=C(CCc1ccccc1)N=C1S[C@H]2CS(=O)(=O)C[C@@H]2N1Cc1ccccc1. The van der Waals surface area contributed by atoms with E-state index in [1.54, 1.807) is 0 Å². The molecule has 0 radical (unpaired) electrons. The van der Waals surface area contributed by atoms with Crippen LogP contribution in [0.1, 0.15) is 17.5 Å². The number of sulfone groups is 1. The number of hydrogen-bond donors (Lipinski definition) is 0. The second-order valence-corrected chi connectivity index (χ2v) is 10.5. The fourth-order valence-corrected chi connectivity index (χ4v) is 7.63. The minimum Gasteiger partial charge on any atom is -0.342 e. The molecule has 7 heteroatoms. The van der Waals surface area contributed by atoms with Gasteiger partial charge in [0.25, 0.3) is 0 Å². The number of benzene rings is 2. The van der Waals surface area contributed by atoms with Crippen molar-refractivity contribution in [3.8, 4) is 0 Å². The van der Waals surface area contributed by atoms with Crippen LogP contribution in [-0.4, -0.2) is 47.2 Å². The fourth-order valence-electron chi connectivity index (χ4n) is 3.66. The summed E-state index contributed by atoms with van der Waals surface area (Å²) in [7, 11) is -3.03. The highest BCUT2D eigenvalue weighted by molar-refractivity contribution is 8.15. The molecule has 4 rings (SSSR count). The zero-order chi connectivity index (χ0) is 19.6. The lowest BCUT2D eigenvalue weighted by Gasteiger charge is -2.24. The normalized spacial score (nSPS) is 24.4. The van der Waals surface area contributed by atoms with Gasteiger partial charge in [-0.15, -0.1) is 0 Å². The molecule has 2 atom stereocenters. The number of amides is 1. The van der Waals surface area contributed by atoms with Crippen LogP contribution in [-0.2, 0) is 27.6 Å². The number of carbonyl (C=O) groups excluding carboxylic acids is 1. The highest BCUT2D eigenvalue weighted by Crippen LogP contribution is 2.39. The van der Waals surface area contributed by atoms with Gasteiger partial charge in [0.1, 0.15) is 0 Å². The average molecular weight is 415 g/mol. The zero-order valence-corrected chi connectivity index (χ0v) is 17.0. The molecule has 2 fully saturated rings. The number of thioether (sulfide) groups is 1. The van der Waals surface area contributed by atoms with E-state index >= 15 is 0 Å². The number of aliphatic imine (C=N–C) groups is 1. The van der Waals surface area contributed by atoms with Crippen LogP contribution >= 0.6 is 11.8 Å². The first-order valence-corrected chi connectivity index (χ1v) is 12.0. The summed E-state index contributed by atoms with van der Waals surface area (Å²) in [5.41, 5.74) is 2.19. The third-order valence-corrected chi connectivity index (χ3v) is 8.31. The maximum absolute atomic E-state index is 12.5.